The smallest absolute Gasteiger partial charge is 0.169 e. The molecule has 6 nitrogen and oxygen atoms in total. The molecule has 0 spiro atoms. The Labute approximate surface area is 181 Å². The highest BCUT2D eigenvalue weighted by Gasteiger charge is 2.29. The van der Waals surface area contributed by atoms with Crippen LogP contribution in [0.4, 0.5) is 5.69 Å². The zero-order valence-electron chi connectivity index (χ0n) is 16.9. The molecule has 2 atom stereocenters. The van der Waals surface area contributed by atoms with Crippen molar-refractivity contribution in [1.29, 1.82) is 5.26 Å². The van der Waals surface area contributed by atoms with Gasteiger partial charge in [0.15, 0.2) is 6.21 Å². The van der Waals surface area contributed by atoms with E-state index in [4.69, 9.17) is 10.7 Å². The second-order valence-corrected chi connectivity index (χ2v) is 8.74. The third-order valence-electron chi connectivity index (χ3n) is 5.43. The van der Waals surface area contributed by atoms with E-state index in [1.165, 1.54) is 0 Å². The lowest BCUT2D eigenvalue weighted by Gasteiger charge is -2.19. The van der Waals surface area contributed by atoms with Crippen LogP contribution in [0.2, 0.25) is 0 Å². The van der Waals surface area contributed by atoms with Crippen LogP contribution in [0.5, 0.6) is 0 Å². The van der Waals surface area contributed by atoms with Gasteiger partial charge in [0.25, 0.3) is 0 Å². The van der Waals surface area contributed by atoms with Gasteiger partial charge in [-0.1, -0.05) is 12.1 Å². The third-order valence-corrected chi connectivity index (χ3v) is 6.64. The number of benzene rings is 2. The molecule has 1 saturated heterocycles. The second-order valence-electron chi connectivity index (χ2n) is 7.62. The van der Waals surface area contributed by atoms with E-state index < -0.39 is 0 Å². The van der Waals surface area contributed by atoms with Crippen LogP contribution in [0.25, 0.3) is 11.1 Å². The van der Waals surface area contributed by atoms with Crippen molar-refractivity contribution in [1.82, 2.24) is 14.5 Å². The fourth-order valence-corrected chi connectivity index (χ4v) is 4.99. The average Bonchev–Trinajstić information content (AvgIpc) is 3.43. The van der Waals surface area contributed by atoms with Gasteiger partial charge in [-0.25, -0.2) is 4.31 Å². The topological polar surface area (TPSA) is 93.3 Å². The summed E-state index contributed by atoms with van der Waals surface area (Å²) in [4.78, 5) is 1.12. The summed E-state index contributed by atoms with van der Waals surface area (Å²) in [5.41, 5.74) is 4.86. The highest BCUT2D eigenvalue weighted by Crippen LogP contribution is 2.34. The predicted molar refractivity (Wildman–Crippen MR) is 121 cm³/mol. The lowest BCUT2D eigenvalue weighted by atomic mass is 10.0. The van der Waals surface area contributed by atoms with Gasteiger partial charge in [0, 0.05) is 41.5 Å². The van der Waals surface area contributed by atoms with E-state index >= 15 is 0 Å². The maximum atomic E-state index is 9.11. The van der Waals surface area contributed by atoms with Crippen LogP contribution in [0.3, 0.4) is 0 Å². The van der Waals surface area contributed by atoms with Gasteiger partial charge in [0.2, 0.25) is 0 Å². The van der Waals surface area contributed by atoms with Gasteiger partial charge in [-0.2, -0.15) is 10.4 Å². The fourth-order valence-electron chi connectivity index (χ4n) is 3.85. The Morgan fingerprint density at radius 1 is 1.33 bits per heavy atom. The Bertz CT molecular complexity index is 1060. The zero-order valence-corrected chi connectivity index (χ0v) is 17.7. The number of nitriles is 1. The minimum atomic E-state index is 0.483. The summed E-state index contributed by atoms with van der Waals surface area (Å²) >= 11 is 1.74. The van der Waals surface area contributed by atoms with Crippen LogP contribution in [0.1, 0.15) is 24.5 Å². The molecule has 0 amide bonds. The molecule has 2 aromatic carbocycles. The first-order chi connectivity index (χ1) is 14.7. The van der Waals surface area contributed by atoms with Gasteiger partial charge < -0.3 is 5.32 Å². The quantitative estimate of drug-likeness (QED) is 0.406. The molecule has 0 bridgehead atoms. The lowest BCUT2D eigenvalue weighted by molar-refractivity contribution is -0.104. The normalized spacial score (nSPS) is 18.8. The van der Waals surface area contributed by atoms with Crippen LogP contribution in [-0.2, 0) is 0 Å². The van der Waals surface area contributed by atoms with Crippen molar-refractivity contribution in [3.63, 3.8) is 0 Å². The first kappa shape index (κ1) is 20.2. The summed E-state index contributed by atoms with van der Waals surface area (Å²) in [6.45, 7) is 4.16. The minimum Gasteiger partial charge on any atom is -0.384 e. The van der Waals surface area contributed by atoms with Gasteiger partial charge in [0.05, 0.1) is 23.4 Å². The van der Waals surface area contributed by atoms with E-state index in [0.29, 0.717) is 17.5 Å². The number of H-pyrrole nitrogens is 1. The van der Waals surface area contributed by atoms with Crippen molar-refractivity contribution in [2.45, 2.75) is 24.3 Å². The minimum absolute atomic E-state index is 0.483. The first-order valence-corrected chi connectivity index (χ1v) is 10.8. The van der Waals surface area contributed by atoms with Crippen LogP contribution in [-0.4, -0.2) is 39.8 Å². The number of anilines is 1. The summed E-state index contributed by atoms with van der Waals surface area (Å²) < 4.78 is 2.42. The fraction of sp³-hybridized carbons (Fsp3) is 0.261. The van der Waals surface area contributed by atoms with Gasteiger partial charge >= 0.3 is 0 Å². The van der Waals surface area contributed by atoms with E-state index in [9.17, 15) is 0 Å². The Morgan fingerprint density at radius 3 is 3.00 bits per heavy atom. The van der Waals surface area contributed by atoms with Crippen molar-refractivity contribution in [2.24, 2.45) is 5.92 Å². The highest BCUT2D eigenvalue weighted by atomic mass is 32.2. The zero-order chi connectivity index (χ0) is 20.9. The van der Waals surface area contributed by atoms with Gasteiger partial charge in [-0.05, 0) is 67.1 Å². The molecule has 4 N–H and O–H groups in total. The summed E-state index contributed by atoms with van der Waals surface area (Å²) in [6.07, 6.45) is 6.46. The monoisotopic (exact) mass is 417 g/mol. The van der Waals surface area contributed by atoms with Crippen LogP contribution in [0, 0.1) is 17.2 Å². The first-order valence-electron chi connectivity index (χ1n) is 10.0. The number of nitrogens with zero attached hydrogens (tertiary/aromatic N) is 3. The Balaban J connectivity index is 1.37. The summed E-state index contributed by atoms with van der Waals surface area (Å²) in [5, 5.41) is 25.4. The Hall–Kier alpha value is -3.08. The van der Waals surface area contributed by atoms with E-state index in [0.717, 1.165) is 46.8 Å². The molecule has 152 valence electrons. The molecule has 3 aromatic rings. The van der Waals surface area contributed by atoms with E-state index in [1.807, 2.05) is 24.4 Å². The molecule has 1 fully saturated rings. The average molecular weight is 418 g/mol. The molecule has 0 saturated carbocycles. The molecule has 1 aliphatic rings. The molecule has 1 unspecified atom stereocenters. The summed E-state index contributed by atoms with van der Waals surface area (Å²) in [6, 6.07) is 16.7. The number of aromatic nitrogens is 2. The number of aromatic amines is 1. The van der Waals surface area contributed by atoms with Crippen LogP contribution < -0.4 is 10.7 Å². The summed E-state index contributed by atoms with van der Waals surface area (Å²) in [5.74, 6) is 0.547. The summed E-state index contributed by atoms with van der Waals surface area (Å²) in [7, 11) is 0. The van der Waals surface area contributed by atoms with Crippen molar-refractivity contribution in [3.8, 4) is 17.2 Å². The predicted octanol–water partition coefficient (Wildman–Crippen LogP) is 2.96. The van der Waals surface area contributed by atoms with Crippen molar-refractivity contribution in [3.05, 3.63) is 66.0 Å². The lowest BCUT2D eigenvalue weighted by Crippen LogP contribution is -2.30. The third kappa shape index (κ3) is 4.56. The van der Waals surface area contributed by atoms with Crippen molar-refractivity contribution in [2.75, 3.05) is 18.4 Å². The largest absolute Gasteiger partial charge is 0.384 e. The SMILES string of the molecule is C[C@H]1CC(CNc2ccc(-c3cn[nH]c3)cc2C=[NH2+])CN1Sc1cccc(C#N)c1. The molecular weight excluding hydrogens is 392 g/mol. The Kier molecular flexibility index (Phi) is 6.17. The van der Waals surface area contributed by atoms with Crippen molar-refractivity contribution < 1.29 is 5.41 Å². The number of hydrogen-bond donors (Lipinski definition) is 3. The van der Waals surface area contributed by atoms with Gasteiger partial charge in [0.1, 0.15) is 0 Å². The maximum Gasteiger partial charge on any atom is 0.169 e. The van der Waals surface area contributed by atoms with E-state index in [1.54, 1.807) is 24.4 Å². The number of rotatable bonds is 7. The number of nitrogens with two attached hydrogens (primary N) is 1. The van der Waals surface area contributed by atoms with Gasteiger partial charge in [-0.15, -0.1) is 0 Å². The number of hydrogen-bond acceptors (Lipinski definition) is 5. The van der Waals surface area contributed by atoms with Crippen LogP contribution in [0.15, 0.2) is 59.8 Å². The molecule has 1 aliphatic heterocycles. The van der Waals surface area contributed by atoms with E-state index in [2.05, 4.69) is 57.1 Å². The molecule has 1 aromatic heterocycles. The van der Waals surface area contributed by atoms with Crippen molar-refractivity contribution >= 4 is 23.8 Å². The molecule has 0 radical (unpaired) electrons. The molecule has 30 heavy (non-hydrogen) atoms. The molecule has 0 aliphatic carbocycles. The van der Waals surface area contributed by atoms with Crippen LogP contribution >= 0.6 is 11.9 Å². The number of nitrogens with one attached hydrogen (secondary N) is 2. The Morgan fingerprint density at radius 2 is 2.23 bits per heavy atom. The molecular formula is C23H25N6S+. The maximum absolute atomic E-state index is 9.11. The molecule has 4 rings (SSSR count). The van der Waals surface area contributed by atoms with E-state index in [-0.39, 0.29) is 0 Å². The standard InChI is InChI=1S/C23H24N6S/c1-16-7-18(15-29(16)30-22-4-2-3-17(8-22)10-24)12-26-23-6-5-19(9-20(23)11-25)21-13-27-28-14-21/h2-6,8-9,11,13-14,16,18,25-26H,7,12,15H2,1H3,(H,27,28)/p+1/t16-,18?/m0/s1. The molecule has 7 heteroatoms. The van der Waals surface area contributed by atoms with Gasteiger partial charge in [-0.3, -0.25) is 10.5 Å². The second kappa shape index (κ2) is 9.16. The highest BCUT2D eigenvalue weighted by molar-refractivity contribution is 7.97. The molecule has 2 heterocycles.